The minimum atomic E-state index is 0.00153. The molecule has 0 fully saturated rings. The number of carbonyl (C=O) groups is 1. The van der Waals surface area contributed by atoms with Crippen LogP contribution >= 0.6 is 23.5 Å². The standard InChI is InChI=1S/C19H21NO2S2/c1-13-10-11-20(16-6-4-5-7-18(16)24-13)19(21)15-9-8-14(23-3)12-17(15)22-2/h4-9,12-13H,10-11H2,1-3H3/t13-/m0/s1. The molecule has 0 unspecified atom stereocenters. The molecular weight excluding hydrogens is 338 g/mol. The van der Waals surface area contributed by atoms with E-state index in [2.05, 4.69) is 13.0 Å². The number of carbonyl (C=O) groups excluding carboxylic acids is 1. The Morgan fingerprint density at radius 2 is 2.08 bits per heavy atom. The van der Waals surface area contributed by atoms with Crippen molar-refractivity contribution in [3.8, 4) is 5.75 Å². The molecule has 3 nitrogen and oxygen atoms in total. The zero-order valence-electron chi connectivity index (χ0n) is 14.1. The summed E-state index contributed by atoms with van der Waals surface area (Å²) in [4.78, 5) is 17.4. The number of fused-ring (bicyclic) bond motifs is 1. The van der Waals surface area contributed by atoms with Crippen molar-refractivity contribution in [2.45, 2.75) is 28.4 Å². The second-order valence-corrected chi connectivity index (χ2v) is 8.07. The summed E-state index contributed by atoms with van der Waals surface area (Å²) in [6, 6.07) is 13.9. The van der Waals surface area contributed by atoms with Crippen LogP contribution in [0.2, 0.25) is 0 Å². The molecule has 126 valence electrons. The predicted octanol–water partition coefficient (Wildman–Crippen LogP) is 4.95. The van der Waals surface area contributed by atoms with Crippen molar-refractivity contribution in [2.75, 3.05) is 24.8 Å². The Hall–Kier alpha value is -1.59. The normalized spacial score (nSPS) is 17.1. The summed E-state index contributed by atoms with van der Waals surface area (Å²) in [7, 11) is 1.62. The van der Waals surface area contributed by atoms with E-state index in [-0.39, 0.29) is 5.91 Å². The number of hydrogen-bond acceptors (Lipinski definition) is 4. The third-order valence-electron chi connectivity index (χ3n) is 4.13. The summed E-state index contributed by atoms with van der Waals surface area (Å²) in [6.45, 7) is 2.93. The van der Waals surface area contributed by atoms with Gasteiger partial charge in [-0.1, -0.05) is 19.1 Å². The number of amides is 1. The summed E-state index contributed by atoms with van der Waals surface area (Å²) in [5.41, 5.74) is 1.61. The van der Waals surface area contributed by atoms with E-state index < -0.39 is 0 Å². The van der Waals surface area contributed by atoms with E-state index in [1.807, 2.05) is 59.3 Å². The first-order valence-electron chi connectivity index (χ1n) is 7.93. The van der Waals surface area contributed by atoms with Crippen molar-refractivity contribution < 1.29 is 9.53 Å². The maximum atomic E-state index is 13.2. The van der Waals surface area contributed by atoms with Gasteiger partial charge in [-0.3, -0.25) is 4.79 Å². The molecule has 0 aliphatic carbocycles. The lowest BCUT2D eigenvalue weighted by atomic mass is 10.1. The maximum Gasteiger partial charge on any atom is 0.262 e. The highest BCUT2D eigenvalue weighted by Gasteiger charge is 2.26. The van der Waals surface area contributed by atoms with E-state index >= 15 is 0 Å². The highest BCUT2D eigenvalue weighted by atomic mass is 32.2. The van der Waals surface area contributed by atoms with Crippen LogP contribution in [0.25, 0.3) is 0 Å². The van der Waals surface area contributed by atoms with Gasteiger partial charge in [0.2, 0.25) is 0 Å². The van der Waals surface area contributed by atoms with E-state index in [0.717, 1.165) is 28.4 Å². The lowest BCUT2D eigenvalue weighted by Crippen LogP contribution is -2.32. The molecule has 0 bridgehead atoms. The van der Waals surface area contributed by atoms with Crippen molar-refractivity contribution in [2.24, 2.45) is 0 Å². The SMILES string of the molecule is COc1cc(SC)ccc1C(=O)N1CC[C@H](C)Sc2ccccc21. The second kappa shape index (κ2) is 7.53. The van der Waals surface area contributed by atoms with Gasteiger partial charge in [-0.25, -0.2) is 0 Å². The van der Waals surface area contributed by atoms with Crippen molar-refractivity contribution in [3.63, 3.8) is 0 Å². The van der Waals surface area contributed by atoms with Crippen molar-refractivity contribution in [3.05, 3.63) is 48.0 Å². The zero-order chi connectivity index (χ0) is 17.1. The fraction of sp³-hybridized carbons (Fsp3) is 0.316. The van der Waals surface area contributed by atoms with Gasteiger partial charge < -0.3 is 9.64 Å². The van der Waals surface area contributed by atoms with Gasteiger partial charge in [0.25, 0.3) is 5.91 Å². The highest BCUT2D eigenvalue weighted by Crippen LogP contribution is 2.38. The molecule has 0 aromatic heterocycles. The molecule has 5 heteroatoms. The number of nitrogens with zero attached hydrogens (tertiary/aromatic N) is 1. The molecule has 3 rings (SSSR count). The summed E-state index contributed by atoms with van der Waals surface area (Å²) < 4.78 is 5.47. The Morgan fingerprint density at radius 1 is 1.29 bits per heavy atom. The number of hydrogen-bond donors (Lipinski definition) is 0. The number of para-hydroxylation sites is 1. The number of anilines is 1. The van der Waals surface area contributed by atoms with Gasteiger partial charge in [0.15, 0.2) is 0 Å². The first-order chi connectivity index (χ1) is 11.6. The van der Waals surface area contributed by atoms with Crippen LogP contribution in [0, 0.1) is 0 Å². The van der Waals surface area contributed by atoms with Gasteiger partial charge in [0.1, 0.15) is 5.75 Å². The van der Waals surface area contributed by atoms with Gasteiger partial charge in [-0.2, -0.15) is 0 Å². The zero-order valence-corrected chi connectivity index (χ0v) is 15.7. The average molecular weight is 360 g/mol. The van der Waals surface area contributed by atoms with E-state index in [0.29, 0.717) is 16.6 Å². The van der Waals surface area contributed by atoms with Crippen LogP contribution in [0.1, 0.15) is 23.7 Å². The molecule has 1 heterocycles. The number of benzene rings is 2. The van der Waals surface area contributed by atoms with Crippen molar-refractivity contribution >= 4 is 35.1 Å². The molecule has 1 aliphatic heterocycles. The average Bonchev–Trinajstić information content (AvgIpc) is 2.78. The molecule has 0 spiro atoms. The molecule has 1 amide bonds. The molecule has 0 saturated carbocycles. The third-order valence-corrected chi connectivity index (χ3v) is 6.09. The summed E-state index contributed by atoms with van der Waals surface area (Å²) in [5, 5.41) is 0.490. The Kier molecular flexibility index (Phi) is 5.41. The first-order valence-corrected chi connectivity index (χ1v) is 10.0. The molecule has 0 radical (unpaired) electrons. The number of thioether (sulfide) groups is 2. The predicted molar refractivity (Wildman–Crippen MR) is 103 cm³/mol. The lowest BCUT2D eigenvalue weighted by Gasteiger charge is -2.23. The second-order valence-electron chi connectivity index (χ2n) is 5.71. The number of methoxy groups -OCH3 is 1. The van der Waals surface area contributed by atoms with E-state index in [1.54, 1.807) is 18.9 Å². The largest absolute Gasteiger partial charge is 0.496 e. The Balaban J connectivity index is 2.01. The van der Waals surface area contributed by atoms with Crippen LogP contribution in [0.15, 0.2) is 52.3 Å². The smallest absolute Gasteiger partial charge is 0.262 e. The fourth-order valence-electron chi connectivity index (χ4n) is 2.82. The van der Waals surface area contributed by atoms with Crippen LogP contribution in [-0.2, 0) is 0 Å². The summed E-state index contributed by atoms with van der Waals surface area (Å²) in [5.74, 6) is 0.635. The fourth-order valence-corrected chi connectivity index (χ4v) is 4.36. The Morgan fingerprint density at radius 3 is 2.83 bits per heavy atom. The van der Waals surface area contributed by atoms with Crippen LogP contribution in [0.5, 0.6) is 5.75 Å². The van der Waals surface area contributed by atoms with Gasteiger partial charge in [0.05, 0.1) is 18.4 Å². The maximum absolute atomic E-state index is 13.2. The van der Waals surface area contributed by atoms with E-state index in [1.165, 1.54) is 0 Å². The quantitative estimate of drug-likeness (QED) is 0.725. The van der Waals surface area contributed by atoms with Crippen molar-refractivity contribution in [1.29, 1.82) is 0 Å². The Bertz CT molecular complexity index is 748. The molecular formula is C19H21NO2S2. The van der Waals surface area contributed by atoms with Crippen LogP contribution in [0.4, 0.5) is 5.69 Å². The van der Waals surface area contributed by atoms with Gasteiger partial charge >= 0.3 is 0 Å². The molecule has 0 N–H and O–H groups in total. The molecule has 1 aliphatic rings. The first kappa shape index (κ1) is 17.2. The summed E-state index contributed by atoms with van der Waals surface area (Å²) in [6.07, 6.45) is 2.98. The molecule has 2 aromatic rings. The van der Waals surface area contributed by atoms with Gasteiger partial charge in [-0.05, 0) is 43.0 Å². The third kappa shape index (κ3) is 3.42. The molecule has 2 aromatic carbocycles. The highest BCUT2D eigenvalue weighted by molar-refractivity contribution is 8.00. The van der Waals surface area contributed by atoms with Crippen LogP contribution < -0.4 is 9.64 Å². The van der Waals surface area contributed by atoms with Crippen LogP contribution in [-0.4, -0.2) is 31.1 Å². The molecule has 1 atom stereocenters. The summed E-state index contributed by atoms with van der Waals surface area (Å²) >= 11 is 3.47. The monoisotopic (exact) mass is 359 g/mol. The minimum Gasteiger partial charge on any atom is -0.496 e. The lowest BCUT2D eigenvalue weighted by molar-refractivity contribution is 0.0983. The molecule has 24 heavy (non-hydrogen) atoms. The minimum absolute atomic E-state index is 0.00153. The van der Waals surface area contributed by atoms with E-state index in [9.17, 15) is 4.79 Å². The van der Waals surface area contributed by atoms with E-state index in [4.69, 9.17) is 4.74 Å². The molecule has 0 saturated heterocycles. The Labute approximate surface area is 151 Å². The topological polar surface area (TPSA) is 29.5 Å². The van der Waals surface area contributed by atoms with Crippen LogP contribution in [0.3, 0.4) is 0 Å². The number of rotatable bonds is 3. The van der Waals surface area contributed by atoms with Gasteiger partial charge in [0, 0.05) is 21.6 Å². The van der Waals surface area contributed by atoms with Gasteiger partial charge in [-0.15, -0.1) is 23.5 Å². The number of ether oxygens (including phenoxy) is 1. The van der Waals surface area contributed by atoms with Crippen molar-refractivity contribution in [1.82, 2.24) is 0 Å².